The fraction of sp³-hybridized carbons (Fsp3) is 0.538. The van der Waals surface area contributed by atoms with Gasteiger partial charge in [-0.1, -0.05) is 18.2 Å². The highest BCUT2D eigenvalue weighted by Gasteiger charge is 2.27. The van der Waals surface area contributed by atoms with Gasteiger partial charge >= 0.3 is 6.18 Å². The molecule has 0 amide bonds. The predicted octanol–water partition coefficient (Wildman–Crippen LogP) is 3.09. The number of aliphatic hydroxyl groups excluding tert-OH is 1. The zero-order valence-electron chi connectivity index (χ0n) is 10.6. The van der Waals surface area contributed by atoms with Crippen LogP contribution in [0.5, 0.6) is 5.75 Å². The molecule has 108 valence electrons. The van der Waals surface area contributed by atoms with Gasteiger partial charge in [-0.2, -0.15) is 13.2 Å². The van der Waals surface area contributed by atoms with Crippen molar-refractivity contribution in [3.05, 3.63) is 29.8 Å². The summed E-state index contributed by atoms with van der Waals surface area (Å²) in [6.45, 7) is 0.601. The third-order valence-electron chi connectivity index (χ3n) is 2.33. The van der Waals surface area contributed by atoms with Crippen LogP contribution >= 0.6 is 0 Å². The predicted molar refractivity (Wildman–Crippen MR) is 64.1 cm³/mol. The largest absolute Gasteiger partial charge is 0.493 e. The second-order valence-corrected chi connectivity index (χ2v) is 4.08. The number of halogens is 3. The molecule has 0 aliphatic heterocycles. The van der Waals surface area contributed by atoms with Crippen molar-refractivity contribution in [1.82, 2.24) is 0 Å². The highest BCUT2D eigenvalue weighted by molar-refractivity contribution is 5.34. The molecule has 0 unspecified atom stereocenters. The van der Waals surface area contributed by atoms with Gasteiger partial charge < -0.3 is 14.6 Å². The van der Waals surface area contributed by atoms with Crippen LogP contribution in [-0.4, -0.2) is 31.1 Å². The van der Waals surface area contributed by atoms with Crippen molar-refractivity contribution in [2.75, 3.05) is 19.8 Å². The molecule has 1 rings (SSSR count). The first kappa shape index (κ1) is 15.8. The minimum absolute atomic E-state index is 0.0175. The van der Waals surface area contributed by atoms with Crippen LogP contribution in [0.1, 0.15) is 25.0 Å². The third-order valence-corrected chi connectivity index (χ3v) is 2.33. The average Bonchev–Trinajstić information content (AvgIpc) is 2.32. The lowest BCUT2D eigenvalue weighted by Crippen LogP contribution is -2.18. The van der Waals surface area contributed by atoms with Gasteiger partial charge in [0, 0.05) is 12.0 Å². The molecule has 0 saturated heterocycles. The Kier molecular flexibility index (Phi) is 6.11. The minimum Gasteiger partial charge on any atom is -0.493 e. The van der Waals surface area contributed by atoms with E-state index in [0.717, 1.165) is 0 Å². The molecule has 0 heterocycles. The van der Waals surface area contributed by atoms with Crippen molar-refractivity contribution in [3.8, 4) is 5.75 Å². The number of rotatable bonds is 7. The summed E-state index contributed by atoms with van der Waals surface area (Å²) in [4.78, 5) is 0. The van der Waals surface area contributed by atoms with Crippen molar-refractivity contribution in [1.29, 1.82) is 0 Å². The van der Waals surface area contributed by atoms with E-state index in [1.165, 1.54) is 0 Å². The van der Waals surface area contributed by atoms with Gasteiger partial charge in [-0.3, -0.25) is 0 Å². The van der Waals surface area contributed by atoms with Gasteiger partial charge in [0.1, 0.15) is 12.4 Å². The maximum Gasteiger partial charge on any atom is 0.411 e. The van der Waals surface area contributed by atoms with Crippen LogP contribution in [0.15, 0.2) is 24.3 Å². The minimum atomic E-state index is -4.29. The monoisotopic (exact) mass is 278 g/mol. The number of hydrogen-bond donors (Lipinski definition) is 1. The summed E-state index contributed by atoms with van der Waals surface area (Å²) in [6, 6.07) is 6.99. The quantitative estimate of drug-likeness (QED) is 0.779. The summed E-state index contributed by atoms with van der Waals surface area (Å²) < 4.78 is 45.2. The van der Waals surface area contributed by atoms with E-state index in [0.29, 0.717) is 17.7 Å². The lowest BCUT2D eigenvalue weighted by Gasteiger charge is -2.13. The van der Waals surface area contributed by atoms with E-state index < -0.39 is 18.9 Å². The van der Waals surface area contributed by atoms with Crippen molar-refractivity contribution in [2.45, 2.75) is 25.6 Å². The summed E-state index contributed by atoms with van der Waals surface area (Å²) in [5.74, 6) is 0.535. The first-order valence-electron chi connectivity index (χ1n) is 5.94. The van der Waals surface area contributed by atoms with Crippen molar-refractivity contribution < 1.29 is 27.8 Å². The second kappa shape index (κ2) is 7.35. The van der Waals surface area contributed by atoms with Gasteiger partial charge in [0.15, 0.2) is 0 Å². The third kappa shape index (κ3) is 6.45. The van der Waals surface area contributed by atoms with Crippen LogP contribution < -0.4 is 4.74 Å². The van der Waals surface area contributed by atoms with Crippen LogP contribution in [0, 0.1) is 0 Å². The molecule has 1 aromatic carbocycles. The van der Waals surface area contributed by atoms with Gasteiger partial charge in [0.2, 0.25) is 0 Å². The Hall–Kier alpha value is -1.27. The topological polar surface area (TPSA) is 38.7 Å². The highest BCUT2D eigenvalue weighted by Crippen LogP contribution is 2.24. The fourth-order valence-corrected chi connectivity index (χ4v) is 1.49. The summed E-state index contributed by atoms with van der Waals surface area (Å²) in [5, 5.41) is 9.51. The van der Waals surface area contributed by atoms with E-state index in [-0.39, 0.29) is 13.2 Å². The molecule has 0 bridgehead atoms. The number of ether oxygens (including phenoxy) is 2. The Bertz CT molecular complexity index is 378. The van der Waals surface area contributed by atoms with Gasteiger partial charge in [-0.05, 0) is 13.0 Å². The average molecular weight is 278 g/mol. The van der Waals surface area contributed by atoms with Crippen LogP contribution in [0.3, 0.4) is 0 Å². The lowest BCUT2D eigenvalue weighted by molar-refractivity contribution is -0.174. The number of alkyl halides is 3. The first-order valence-corrected chi connectivity index (χ1v) is 5.94. The van der Waals surface area contributed by atoms with E-state index in [4.69, 9.17) is 4.74 Å². The van der Waals surface area contributed by atoms with Crippen LogP contribution in [0.25, 0.3) is 0 Å². The SMILES string of the molecule is C[C@@H](O)c1ccccc1OCCCOCC(F)(F)F. The Morgan fingerprint density at radius 3 is 2.53 bits per heavy atom. The zero-order chi connectivity index (χ0) is 14.3. The highest BCUT2D eigenvalue weighted by atomic mass is 19.4. The number of aliphatic hydroxyl groups is 1. The van der Waals surface area contributed by atoms with E-state index in [1.54, 1.807) is 31.2 Å². The molecule has 1 aromatic rings. The van der Waals surface area contributed by atoms with Crippen molar-refractivity contribution in [3.63, 3.8) is 0 Å². The molecule has 1 atom stereocenters. The van der Waals surface area contributed by atoms with E-state index >= 15 is 0 Å². The molecule has 6 heteroatoms. The molecule has 0 saturated carbocycles. The summed E-state index contributed by atoms with van der Waals surface area (Å²) >= 11 is 0. The summed E-state index contributed by atoms with van der Waals surface area (Å²) in [5.41, 5.74) is 0.652. The van der Waals surface area contributed by atoms with Crippen molar-refractivity contribution >= 4 is 0 Å². The molecule has 0 radical (unpaired) electrons. The van der Waals surface area contributed by atoms with Crippen LogP contribution in [0.4, 0.5) is 13.2 Å². The van der Waals surface area contributed by atoms with E-state index in [9.17, 15) is 18.3 Å². The maximum atomic E-state index is 11.8. The molecular formula is C13H17F3O3. The smallest absolute Gasteiger partial charge is 0.411 e. The van der Waals surface area contributed by atoms with Crippen molar-refractivity contribution in [2.24, 2.45) is 0 Å². The van der Waals surface area contributed by atoms with Crippen LogP contribution in [0.2, 0.25) is 0 Å². The Morgan fingerprint density at radius 1 is 1.21 bits per heavy atom. The molecule has 3 nitrogen and oxygen atoms in total. The molecule has 19 heavy (non-hydrogen) atoms. The standard InChI is InChI=1S/C13H17F3O3/c1-10(17)11-5-2-3-6-12(11)19-8-4-7-18-9-13(14,15)16/h2-3,5-6,10,17H,4,7-9H2,1H3/t10-/m1/s1. The molecule has 0 spiro atoms. The Labute approximate surface area is 110 Å². The number of hydrogen-bond acceptors (Lipinski definition) is 3. The van der Waals surface area contributed by atoms with Gasteiger partial charge in [0.05, 0.1) is 19.3 Å². The zero-order valence-corrected chi connectivity index (χ0v) is 10.6. The number of para-hydroxylation sites is 1. The van der Waals surface area contributed by atoms with E-state index in [1.807, 2.05) is 0 Å². The van der Waals surface area contributed by atoms with Gasteiger partial charge in [-0.25, -0.2) is 0 Å². The van der Waals surface area contributed by atoms with Crippen LogP contribution in [-0.2, 0) is 4.74 Å². The second-order valence-electron chi connectivity index (χ2n) is 4.08. The molecular weight excluding hydrogens is 261 g/mol. The maximum absolute atomic E-state index is 11.8. The Morgan fingerprint density at radius 2 is 1.89 bits per heavy atom. The number of benzene rings is 1. The van der Waals surface area contributed by atoms with E-state index in [2.05, 4.69) is 4.74 Å². The molecule has 0 fully saturated rings. The summed E-state index contributed by atoms with van der Waals surface area (Å²) in [7, 11) is 0. The Balaban J connectivity index is 2.26. The normalized spacial score (nSPS) is 13.3. The molecule has 1 N–H and O–H groups in total. The molecule has 0 aliphatic rings. The molecule has 0 aliphatic carbocycles. The summed E-state index contributed by atoms with van der Waals surface area (Å²) in [6.07, 6.45) is -4.60. The van der Waals surface area contributed by atoms with Gasteiger partial charge in [0.25, 0.3) is 0 Å². The fourth-order valence-electron chi connectivity index (χ4n) is 1.49. The lowest BCUT2D eigenvalue weighted by atomic mass is 10.1. The van der Waals surface area contributed by atoms with Gasteiger partial charge in [-0.15, -0.1) is 0 Å². The molecule has 0 aromatic heterocycles. The first-order chi connectivity index (χ1) is 8.90.